The second kappa shape index (κ2) is 10.1. The first-order chi connectivity index (χ1) is 12.3. The van der Waals surface area contributed by atoms with Crippen molar-refractivity contribution in [3.63, 3.8) is 0 Å². The number of rotatable bonds is 6. The molecule has 146 valence electrons. The quantitative estimate of drug-likeness (QED) is 0.618. The Bertz CT molecular complexity index is 651. The van der Waals surface area contributed by atoms with Gasteiger partial charge in [-0.1, -0.05) is 29.8 Å². The molecule has 1 heterocycles. The van der Waals surface area contributed by atoms with E-state index < -0.39 is 33.7 Å². The maximum atomic E-state index is 12.2. The van der Waals surface area contributed by atoms with Crippen LogP contribution in [0, 0.1) is 0 Å². The second-order valence-corrected chi connectivity index (χ2v) is 8.43. The predicted octanol–water partition coefficient (Wildman–Crippen LogP) is 3.89. The Labute approximate surface area is 165 Å². The van der Waals surface area contributed by atoms with Crippen molar-refractivity contribution in [3.05, 3.63) is 28.7 Å². The molecule has 3 atom stereocenters. The molecule has 6 nitrogen and oxygen atoms in total. The summed E-state index contributed by atoms with van der Waals surface area (Å²) in [4.78, 5) is 25.8. The molecule has 0 saturated carbocycles. The van der Waals surface area contributed by atoms with Gasteiger partial charge in [-0.05, 0) is 38.1 Å². The number of amides is 1. The van der Waals surface area contributed by atoms with Crippen LogP contribution in [0.15, 0.2) is 28.7 Å². The molecule has 1 aliphatic rings. The summed E-state index contributed by atoms with van der Waals surface area (Å²) in [6, 6.07) is 7.27. The number of hydrogen-bond acceptors (Lipinski definition) is 5. The minimum atomic E-state index is -1.46. The van der Waals surface area contributed by atoms with Gasteiger partial charge in [-0.2, -0.15) is 0 Å². The van der Waals surface area contributed by atoms with Gasteiger partial charge in [-0.3, -0.25) is 13.9 Å². The van der Waals surface area contributed by atoms with E-state index in [1.54, 1.807) is 26.0 Å². The van der Waals surface area contributed by atoms with Crippen LogP contribution in [0.2, 0.25) is 0 Å². The summed E-state index contributed by atoms with van der Waals surface area (Å²) in [5.41, 5.74) is 0.709. The monoisotopic (exact) mass is 447 g/mol. The van der Waals surface area contributed by atoms with Crippen molar-refractivity contribution in [2.24, 2.45) is 0 Å². The van der Waals surface area contributed by atoms with E-state index in [1.807, 2.05) is 26.0 Å². The van der Waals surface area contributed by atoms with Gasteiger partial charge in [0, 0.05) is 33.6 Å². The van der Waals surface area contributed by atoms with Gasteiger partial charge < -0.3 is 9.47 Å². The maximum absolute atomic E-state index is 12.2. The van der Waals surface area contributed by atoms with E-state index in [0.29, 0.717) is 12.2 Å². The van der Waals surface area contributed by atoms with Crippen LogP contribution >= 0.6 is 15.9 Å². The predicted molar refractivity (Wildman–Crippen MR) is 107 cm³/mol. The van der Waals surface area contributed by atoms with Crippen molar-refractivity contribution in [3.8, 4) is 0 Å². The molecule has 0 aliphatic carbocycles. The molecule has 1 aromatic rings. The first-order valence-corrected chi connectivity index (χ1v) is 10.9. The Morgan fingerprint density at radius 2 is 1.96 bits per heavy atom. The average molecular weight is 448 g/mol. The summed E-state index contributed by atoms with van der Waals surface area (Å²) in [5, 5.41) is 0. The third-order valence-electron chi connectivity index (χ3n) is 3.97. The first-order valence-electron chi connectivity index (χ1n) is 8.52. The topological polar surface area (TPSA) is 72.9 Å². The lowest BCUT2D eigenvalue weighted by Gasteiger charge is -2.26. The Hall–Kier alpha value is -1.41. The van der Waals surface area contributed by atoms with E-state index in [9.17, 15) is 13.8 Å². The van der Waals surface area contributed by atoms with Gasteiger partial charge in [0.2, 0.25) is 0 Å². The van der Waals surface area contributed by atoms with Crippen molar-refractivity contribution in [2.45, 2.75) is 45.0 Å². The van der Waals surface area contributed by atoms with Crippen molar-refractivity contribution >= 4 is 44.5 Å². The van der Waals surface area contributed by atoms with Gasteiger partial charge in [-0.25, -0.2) is 4.79 Å². The van der Waals surface area contributed by atoms with Crippen molar-refractivity contribution in [1.29, 1.82) is 0 Å². The average Bonchev–Trinajstić information content (AvgIpc) is 2.97. The maximum Gasteiger partial charge on any atom is 0.414 e. The Balaban J connectivity index is 0.00000163. The van der Waals surface area contributed by atoms with Crippen LogP contribution in [0.4, 0.5) is 10.5 Å². The van der Waals surface area contributed by atoms with Crippen molar-refractivity contribution < 1.29 is 23.3 Å². The van der Waals surface area contributed by atoms with Gasteiger partial charge in [0.1, 0.15) is 10.9 Å². The van der Waals surface area contributed by atoms with Gasteiger partial charge >= 0.3 is 12.1 Å². The number of hydrogen-bond donors (Lipinski definition) is 0. The summed E-state index contributed by atoms with van der Waals surface area (Å²) >= 11 is 3.35. The first kappa shape index (κ1) is 22.6. The summed E-state index contributed by atoms with van der Waals surface area (Å²) < 4.78 is 22.2. The van der Waals surface area contributed by atoms with Gasteiger partial charge in [0.25, 0.3) is 0 Å². The Morgan fingerprint density at radius 1 is 1.38 bits per heavy atom. The number of esters is 1. The highest BCUT2D eigenvalue weighted by Gasteiger charge is 2.45. The molecule has 1 amide bonds. The minimum absolute atomic E-state index is 0.147. The molecule has 0 aromatic heterocycles. The molecular formula is C18H26BrNO5S. The fourth-order valence-electron chi connectivity index (χ4n) is 2.50. The molecule has 3 unspecified atom stereocenters. The molecule has 1 aliphatic heterocycles. The number of carbonyl (C=O) groups is 2. The lowest BCUT2D eigenvalue weighted by Crippen LogP contribution is -2.44. The standard InChI is InChI=1S/C16H20BrNO5S.C2H6/c1-4-22-14(19)16(2,24(3)21)9-13-10-18(15(20)23-13)12-7-5-11(17)6-8-12;1-2/h5-8,13H,4,9-10H2,1-3H3;1-2H3. The Morgan fingerprint density at radius 3 is 2.46 bits per heavy atom. The zero-order valence-corrected chi connectivity index (χ0v) is 18.2. The van der Waals surface area contributed by atoms with Crippen LogP contribution in [-0.2, 0) is 25.1 Å². The molecular weight excluding hydrogens is 422 g/mol. The number of anilines is 1. The van der Waals surface area contributed by atoms with Crippen molar-refractivity contribution in [1.82, 2.24) is 0 Å². The highest BCUT2D eigenvalue weighted by molar-refractivity contribution is 9.10. The van der Waals surface area contributed by atoms with Crippen LogP contribution < -0.4 is 4.90 Å². The van der Waals surface area contributed by atoms with Crippen LogP contribution in [0.3, 0.4) is 0 Å². The number of benzene rings is 1. The summed E-state index contributed by atoms with van der Waals surface area (Å²) in [6.07, 6.45) is 0.600. The van der Waals surface area contributed by atoms with E-state index in [-0.39, 0.29) is 13.0 Å². The van der Waals surface area contributed by atoms with E-state index in [1.165, 1.54) is 11.2 Å². The largest absolute Gasteiger partial charge is 0.465 e. The molecule has 26 heavy (non-hydrogen) atoms. The van der Waals surface area contributed by atoms with Crippen LogP contribution in [-0.4, -0.2) is 46.5 Å². The molecule has 8 heteroatoms. The molecule has 2 rings (SSSR count). The smallest absolute Gasteiger partial charge is 0.414 e. The lowest BCUT2D eigenvalue weighted by molar-refractivity contribution is -0.146. The lowest BCUT2D eigenvalue weighted by atomic mass is 10.0. The van der Waals surface area contributed by atoms with Crippen LogP contribution in [0.1, 0.15) is 34.1 Å². The summed E-state index contributed by atoms with van der Waals surface area (Å²) in [6.45, 7) is 7.78. The van der Waals surface area contributed by atoms with E-state index in [0.717, 1.165) is 4.47 Å². The number of halogens is 1. The fourth-order valence-corrected chi connectivity index (χ4v) is 3.47. The van der Waals surface area contributed by atoms with Crippen LogP contribution in [0.25, 0.3) is 0 Å². The molecule has 1 fully saturated rings. The summed E-state index contributed by atoms with van der Waals surface area (Å²) in [5.74, 6) is -0.538. The molecule has 0 bridgehead atoms. The normalized spacial score (nSPS) is 19.7. The van der Waals surface area contributed by atoms with E-state index in [2.05, 4.69) is 15.9 Å². The van der Waals surface area contributed by atoms with Crippen LogP contribution in [0.5, 0.6) is 0 Å². The van der Waals surface area contributed by atoms with E-state index in [4.69, 9.17) is 9.47 Å². The third-order valence-corrected chi connectivity index (χ3v) is 6.10. The number of nitrogens with zero attached hydrogens (tertiary/aromatic N) is 1. The van der Waals surface area contributed by atoms with Gasteiger partial charge in [0.15, 0.2) is 0 Å². The highest BCUT2D eigenvalue weighted by atomic mass is 79.9. The molecule has 0 spiro atoms. The number of ether oxygens (including phenoxy) is 2. The molecule has 1 aromatic carbocycles. The molecule has 0 N–H and O–H groups in total. The minimum Gasteiger partial charge on any atom is -0.465 e. The Kier molecular flexibility index (Phi) is 8.76. The zero-order valence-electron chi connectivity index (χ0n) is 15.8. The zero-order chi connectivity index (χ0) is 19.9. The number of carbonyl (C=O) groups excluding carboxylic acids is 2. The third kappa shape index (κ3) is 5.30. The SMILES string of the molecule is CC.CCOC(=O)C(C)(CC1CN(c2ccc(Br)cc2)C(=O)O1)S(C)=O. The summed E-state index contributed by atoms with van der Waals surface area (Å²) in [7, 11) is -1.46. The second-order valence-electron chi connectivity index (χ2n) is 5.70. The van der Waals surface area contributed by atoms with Gasteiger partial charge in [-0.15, -0.1) is 0 Å². The van der Waals surface area contributed by atoms with Crippen molar-refractivity contribution in [2.75, 3.05) is 24.3 Å². The van der Waals surface area contributed by atoms with Gasteiger partial charge in [0.05, 0.1) is 13.2 Å². The fraction of sp³-hybridized carbons (Fsp3) is 0.556. The number of cyclic esters (lactones) is 1. The molecule has 1 saturated heterocycles. The molecule has 0 radical (unpaired) electrons. The van der Waals surface area contributed by atoms with E-state index >= 15 is 0 Å². The highest BCUT2D eigenvalue weighted by Crippen LogP contribution is 2.29.